The predicted molar refractivity (Wildman–Crippen MR) is 72.8 cm³/mol. The van der Waals surface area contributed by atoms with Gasteiger partial charge in [0.25, 0.3) is 0 Å². The summed E-state index contributed by atoms with van der Waals surface area (Å²) in [6, 6.07) is 9.38. The standard InChI is InChI=1S/C15H24N2/c1-12-4-3-5-14(8-12)11-17-7-6-13(2)9-15(17)10-16/h3-5,8,13,15H,6-7,9-11,16H2,1-2H3. The molecule has 1 aliphatic heterocycles. The summed E-state index contributed by atoms with van der Waals surface area (Å²) in [4.78, 5) is 2.55. The molecule has 1 aromatic rings. The third kappa shape index (κ3) is 3.30. The van der Waals surface area contributed by atoms with Crippen molar-refractivity contribution < 1.29 is 0 Å². The zero-order valence-corrected chi connectivity index (χ0v) is 11.0. The summed E-state index contributed by atoms with van der Waals surface area (Å²) in [5.41, 5.74) is 8.66. The van der Waals surface area contributed by atoms with Crippen molar-refractivity contribution in [2.75, 3.05) is 13.1 Å². The molecule has 0 bridgehead atoms. The Hall–Kier alpha value is -0.860. The summed E-state index contributed by atoms with van der Waals surface area (Å²) in [6.45, 7) is 7.53. The smallest absolute Gasteiger partial charge is 0.0237 e. The van der Waals surface area contributed by atoms with E-state index in [4.69, 9.17) is 5.73 Å². The Morgan fingerprint density at radius 1 is 1.41 bits per heavy atom. The number of hydrogen-bond donors (Lipinski definition) is 1. The summed E-state index contributed by atoms with van der Waals surface area (Å²) >= 11 is 0. The van der Waals surface area contributed by atoms with Gasteiger partial charge in [-0.3, -0.25) is 4.90 Å². The molecule has 0 spiro atoms. The molecule has 1 fully saturated rings. The van der Waals surface area contributed by atoms with Crippen LogP contribution in [0.2, 0.25) is 0 Å². The number of rotatable bonds is 3. The van der Waals surface area contributed by atoms with E-state index in [0.717, 1.165) is 19.0 Å². The highest BCUT2D eigenvalue weighted by atomic mass is 15.2. The molecule has 0 aromatic heterocycles. The maximum absolute atomic E-state index is 5.90. The van der Waals surface area contributed by atoms with Crippen molar-refractivity contribution in [2.45, 2.75) is 39.3 Å². The largest absolute Gasteiger partial charge is 0.329 e. The zero-order valence-electron chi connectivity index (χ0n) is 11.0. The SMILES string of the molecule is Cc1cccc(CN2CCC(C)CC2CN)c1. The lowest BCUT2D eigenvalue weighted by Gasteiger charge is -2.38. The van der Waals surface area contributed by atoms with Crippen LogP contribution in [0.25, 0.3) is 0 Å². The Kier molecular flexibility index (Phi) is 4.19. The van der Waals surface area contributed by atoms with Crippen LogP contribution in [0.5, 0.6) is 0 Å². The maximum atomic E-state index is 5.90. The zero-order chi connectivity index (χ0) is 12.3. The van der Waals surface area contributed by atoms with Crippen LogP contribution in [-0.4, -0.2) is 24.0 Å². The van der Waals surface area contributed by atoms with Gasteiger partial charge >= 0.3 is 0 Å². The Balaban J connectivity index is 2.02. The van der Waals surface area contributed by atoms with Crippen LogP contribution in [0.1, 0.15) is 30.9 Å². The molecule has 0 saturated carbocycles. The number of aryl methyl sites for hydroxylation is 1. The van der Waals surface area contributed by atoms with E-state index in [1.807, 2.05) is 0 Å². The highest BCUT2D eigenvalue weighted by Crippen LogP contribution is 2.23. The van der Waals surface area contributed by atoms with Crippen molar-refractivity contribution >= 4 is 0 Å². The normalized spacial score (nSPS) is 26.1. The molecule has 17 heavy (non-hydrogen) atoms. The Morgan fingerprint density at radius 2 is 2.24 bits per heavy atom. The lowest BCUT2D eigenvalue weighted by molar-refractivity contribution is 0.115. The van der Waals surface area contributed by atoms with Gasteiger partial charge in [-0.25, -0.2) is 0 Å². The molecule has 1 aliphatic rings. The van der Waals surface area contributed by atoms with Gasteiger partial charge in [-0.15, -0.1) is 0 Å². The van der Waals surface area contributed by atoms with Crippen LogP contribution in [0.3, 0.4) is 0 Å². The average molecular weight is 232 g/mol. The van der Waals surface area contributed by atoms with Crippen molar-refractivity contribution in [2.24, 2.45) is 11.7 Å². The molecule has 2 N–H and O–H groups in total. The van der Waals surface area contributed by atoms with Crippen molar-refractivity contribution in [1.82, 2.24) is 4.90 Å². The van der Waals surface area contributed by atoms with E-state index in [1.165, 1.54) is 30.5 Å². The molecule has 1 aromatic carbocycles. The molecule has 2 unspecified atom stereocenters. The van der Waals surface area contributed by atoms with E-state index in [2.05, 4.69) is 43.0 Å². The van der Waals surface area contributed by atoms with E-state index in [1.54, 1.807) is 0 Å². The van der Waals surface area contributed by atoms with Crippen LogP contribution < -0.4 is 5.73 Å². The number of benzene rings is 1. The highest BCUT2D eigenvalue weighted by Gasteiger charge is 2.24. The maximum Gasteiger partial charge on any atom is 0.0237 e. The van der Waals surface area contributed by atoms with E-state index >= 15 is 0 Å². The van der Waals surface area contributed by atoms with Crippen LogP contribution in [0.4, 0.5) is 0 Å². The topological polar surface area (TPSA) is 29.3 Å². The first-order valence-corrected chi connectivity index (χ1v) is 6.68. The molecule has 0 amide bonds. The van der Waals surface area contributed by atoms with Gasteiger partial charge in [-0.05, 0) is 37.8 Å². The van der Waals surface area contributed by atoms with Gasteiger partial charge in [0.15, 0.2) is 0 Å². The fourth-order valence-electron chi connectivity index (χ4n) is 2.80. The minimum Gasteiger partial charge on any atom is -0.329 e. The third-order valence-electron chi connectivity index (χ3n) is 3.84. The van der Waals surface area contributed by atoms with Gasteiger partial charge in [0.05, 0.1) is 0 Å². The van der Waals surface area contributed by atoms with Gasteiger partial charge < -0.3 is 5.73 Å². The quantitative estimate of drug-likeness (QED) is 0.868. The van der Waals surface area contributed by atoms with E-state index in [-0.39, 0.29) is 0 Å². The third-order valence-corrected chi connectivity index (χ3v) is 3.84. The number of hydrogen-bond acceptors (Lipinski definition) is 2. The van der Waals surface area contributed by atoms with Crippen molar-refractivity contribution in [1.29, 1.82) is 0 Å². The summed E-state index contributed by atoms with van der Waals surface area (Å²) in [5, 5.41) is 0. The number of nitrogens with two attached hydrogens (primary N) is 1. The minimum absolute atomic E-state index is 0.569. The summed E-state index contributed by atoms with van der Waals surface area (Å²) in [7, 11) is 0. The molecule has 2 atom stereocenters. The van der Waals surface area contributed by atoms with Gasteiger partial charge in [0.2, 0.25) is 0 Å². The average Bonchev–Trinajstić information content (AvgIpc) is 2.31. The molecular weight excluding hydrogens is 208 g/mol. The molecule has 2 heteroatoms. The van der Waals surface area contributed by atoms with Crippen LogP contribution in [-0.2, 0) is 6.54 Å². The second-order valence-electron chi connectivity index (χ2n) is 5.48. The molecule has 2 nitrogen and oxygen atoms in total. The Morgan fingerprint density at radius 3 is 2.94 bits per heavy atom. The summed E-state index contributed by atoms with van der Waals surface area (Å²) in [5.74, 6) is 0.831. The Labute approximate surface area is 105 Å². The van der Waals surface area contributed by atoms with E-state index < -0.39 is 0 Å². The molecule has 1 saturated heterocycles. The van der Waals surface area contributed by atoms with Crippen molar-refractivity contribution in [3.63, 3.8) is 0 Å². The fourth-order valence-corrected chi connectivity index (χ4v) is 2.80. The first-order valence-electron chi connectivity index (χ1n) is 6.68. The second kappa shape index (κ2) is 5.65. The van der Waals surface area contributed by atoms with Crippen molar-refractivity contribution in [3.8, 4) is 0 Å². The first kappa shape index (κ1) is 12.6. The number of nitrogens with zero attached hydrogens (tertiary/aromatic N) is 1. The molecule has 2 rings (SSSR count). The summed E-state index contributed by atoms with van der Waals surface area (Å²) in [6.07, 6.45) is 2.56. The van der Waals surface area contributed by atoms with Gasteiger partial charge in [0.1, 0.15) is 0 Å². The number of piperidine rings is 1. The second-order valence-corrected chi connectivity index (χ2v) is 5.48. The lowest BCUT2D eigenvalue weighted by atomic mass is 9.92. The van der Waals surface area contributed by atoms with E-state index in [0.29, 0.717) is 6.04 Å². The fraction of sp³-hybridized carbons (Fsp3) is 0.600. The summed E-state index contributed by atoms with van der Waals surface area (Å²) < 4.78 is 0. The molecule has 0 aliphatic carbocycles. The first-order chi connectivity index (χ1) is 8.19. The molecule has 1 heterocycles. The predicted octanol–water partition coefficient (Wildman–Crippen LogP) is 2.55. The number of likely N-dealkylation sites (tertiary alicyclic amines) is 1. The van der Waals surface area contributed by atoms with Crippen LogP contribution in [0.15, 0.2) is 24.3 Å². The van der Waals surface area contributed by atoms with Gasteiger partial charge in [-0.1, -0.05) is 36.8 Å². The van der Waals surface area contributed by atoms with Gasteiger partial charge in [-0.2, -0.15) is 0 Å². The van der Waals surface area contributed by atoms with Crippen LogP contribution >= 0.6 is 0 Å². The van der Waals surface area contributed by atoms with Crippen molar-refractivity contribution in [3.05, 3.63) is 35.4 Å². The molecular formula is C15H24N2. The lowest BCUT2D eigenvalue weighted by Crippen LogP contribution is -2.45. The Bertz CT molecular complexity index is 362. The van der Waals surface area contributed by atoms with E-state index in [9.17, 15) is 0 Å². The van der Waals surface area contributed by atoms with Gasteiger partial charge in [0, 0.05) is 19.1 Å². The molecule has 0 radical (unpaired) electrons. The minimum atomic E-state index is 0.569. The van der Waals surface area contributed by atoms with Crippen LogP contribution in [0, 0.1) is 12.8 Å². The molecule has 94 valence electrons. The highest BCUT2D eigenvalue weighted by molar-refractivity contribution is 5.22. The monoisotopic (exact) mass is 232 g/mol.